The van der Waals surface area contributed by atoms with Gasteiger partial charge in [-0.25, -0.2) is 14.6 Å². The molecule has 1 N–H and O–H groups in total. The summed E-state index contributed by atoms with van der Waals surface area (Å²) in [5, 5.41) is 2.61. The number of anilines is 2. The maximum atomic E-state index is 12.3. The molecule has 0 spiro atoms. The van der Waals surface area contributed by atoms with Crippen molar-refractivity contribution in [2.24, 2.45) is 0 Å². The smallest absolute Gasteiger partial charge is 0.413 e. The number of ether oxygens (including phenoxy) is 2. The minimum atomic E-state index is -0.760. The van der Waals surface area contributed by atoms with Crippen LogP contribution in [0.25, 0.3) is 0 Å². The van der Waals surface area contributed by atoms with Crippen molar-refractivity contribution in [3.63, 3.8) is 0 Å². The fourth-order valence-electron chi connectivity index (χ4n) is 2.05. The molecule has 2 amide bonds. The predicted octanol–water partition coefficient (Wildman–Crippen LogP) is 2.73. The Hall–Kier alpha value is -3.13. The third kappa shape index (κ3) is 4.70. The van der Waals surface area contributed by atoms with Gasteiger partial charge in [0.2, 0.25) is 0 Å². The van der Waals surface area contributed by atoms with E-state index in [0.29, 0.717) is 11.4 Å². The summed E-state index contributed by atoms with van der Waals surface area (Å²) in [7, 11) is 2.68. The number of halogens is 1. The van der Waals surface area contributed by atoms with Crippen LogP contribution in [0.5, 0.6) is 0 Å². The minimum absolute atomic E-state index is 0.118. The number of hydrogen-bond acceptors (Lipinski definition) is 6. The summed E-state index contributed by atoms with van der Waals surface area (Å²) >= 11 is 5.84. The second-order valence-corrected chi connectivity index (χ2v) is 5.37. The van der Waals surface area contributed by atoms with Crippen molar-refractivity contribution in [3.8, 4) is 0 Å². The van der Waals surface area contributed by atoms with E-state index in [1.807, 2.05) is 0 Å². The van der Waals surface area contributed by atoms with Crippen molar-refractivity contribution < 1.29 is 23.9 Å². The van der Waals surface area contributed by atoms with Crippen LogP contribution in [0, 0.1) is 0 Å². The first-order valence-corrected chi connectivity index (χ1v) is 7.80. The molecule has 9 heteroatoms. The van der Waals surface area contributed by atoms with E-state index < -0.39 is 24.6 Å². The second-order valence-electron chi connectivity index (χ2n) is 5.01. The van der Waals surface area contributed by atoms with Crippen LogP contribution in [0.4, 0.5) is 16.2 Å². The molecule has 2 aromatic rings. The number of carbonyl (C=O) groups is 3. The number of hydrogen-bond donors (Lipinski definition) is 1. The van der Waals surface area contributed by atoms with Crippen LogP contribution in [0.2, 0.25) is 5.15 Å². The van der Waals surface area contributed by atoms with Gasteiger partial charge in [0.1, 0.15) is 0 Å². The molecule has 1 aromatic carbocycles. The van der Waals surface area contributed by atoms with Gasteiger partial charge in [0.25, 0.3) is 5.91 Å². The van der Waals surface area contributed by atoms with E-state index in [1.54, 1.807) is 30.3 Å². The second kappa shape index (κ2) is 8.82. The van der Waals surface area contributed by atoms with Gasteiger partial charge in [-0.05, 0) is 24.3 Å². The van der Waals surface area contributed by atoms with Gasteiger partial charge in [-0.3, -0.25) is 9.69 Å². The third-order valence-corrected chi connectivity index (χ3v) is 3.60. The van der Waals surface area contributed by atoms with E-state index >= 15 is 0 Å². The summed E-state index contributed by atoms with van der Waals surface area (Å²) in [5.74, 6) is -1.34. The highest BCUT2D eigenvalue weighted by atomic mass is 35.5. The molecular formula is C17H16ClN3O5. The van der Waals surface area contributed by atoms with Crippen LogP contribution in [-0.2, 0) is 14.3 Å². The number of pyridine rings is 1. The number of nitrogens with one attached hydrogen (secondary N) is 1. The molecule has 0 aliphatic carbocycles. The highest BCUT2D eigenvalue weighted by Gasteiger charge is 2.20. The Morgan fingerprint density at radius 2 is 1.92 bits per heavy atom. The van der Waals surface area contributed by atoms with Crippen molar-refractivity contribution in [1.82, 2.24) is 4.98 Å². The summed E-state index contributed by atoms with van der Waals surface area (Å²) in [6, 6.07) is 9.47. The van der Waals surface area contributed by atoms with Crippen LogP contribution in [0.1, 0.15) is 10.4 Å². The van der Waals surface area contributed by atoms with E-state index in [4.69, 9.17) is 16.3 Å². The van der Waals surface area contributed by atoms with Gasteiger partial charge in [-0.2, -0.15) is 0 Å². The van der Waals surface area contributed by atoms with Gasteiger partial charge < -0.3 is 14.8 Å². The lowest BCUT2D eigenvalue weighted by Gasteiger charge is -2.18. The highest BCUT2D eigenvalue weighted by Crippen LogP contribution is 2.21. The van der Waals surface area contributed by atoms with Gasteiger partial charge in [0.15, 0.2) is 11.8 Å². The van der Waals surface area contributed by atoms with E-state index in [-0.39, 0.29) is 10.7 Å². The molecular weight excluding hydrogens is 362 g/mol. The van der Waals surface area contributed by atoms with E-state index in [0.717, 1.165) is 4.90 Å². The number of esters is 1. The fraction of sp³-hybridized carbons (Fsp3) is 0.176. The molecule has 0 saturated heterocycles. The Labute approximate surface area is 154 Å². The molecule has 0 aliphatic heterocycles. The maximum Gasteiger partial charge on any atom is 0.413 e. The van der Waals surface area contributed by atoms with E-state index in [9.17, 15) is 14.4 Å². The summed E-state index contributed by atoms with van der Waals surface area (Å²) in [5.41, 5.74) is 0.716. The number of nitrogens with zero attached hydrogens (tertiary/aromatic N) is 2. The summed E-state index contributed by atoms with van der Waals surface area (Å²) in [6.07, 6.45) is 0.835. The van der Waals surface area contributed by atoms with Gasteiger partial charge in [-0.15, -0.1) is 0 Å². The van der Waals surface area contributed by atoms with Crippen LogP contribution in [0.15, 0.2) is 42.6 Å². The molecule has 0 aliphatic rings. The van der Waals surface area contributed by atoms with Crippen LogP contribution < -0.4 is 10.2 Å². The quantitative estimate of drug-likeness (QED) is 0.635. The molecule has 0 saturated carbocycles. The maximum absolute atomic E-state index is 12.3. The zero-order valence-corrected chi connectivity index (χ0v) is 14.8. The highest BCUT2D eigenvalue weighted by molar-refractivity contribution is 6.32. The lowest BCUT2D eigenvalue weighted by atomic mass is 10.1. The number of aromatic nitrogens is 1. The van der Waals surface area contributed by atoms with Crippen molar-refractivity contribution in [3.05, 3.63) is 53.3 Å². The van der Waals surface area contributed by atoms with Gasteiger partial charge >= 0.3 is 12.1 Å². The van der Waals surface area contributed by atoms with E-state index in [2.05, 4.69) is 15.0 Å². The lowest BCUT2D eigenvalue weighted by Crippen LogP contribution is -2.28. The Bertz CT molecular complexity index is 828. The van der Waals surface area contributed by atoms with Gasteiger partial charge in [0.05, 0.1) is 24.0 Å². The van der Waals surface area contributed by atoms with Gasteiger partial charge in [-0.1, -0.05) is 23.7 Å². The SMILES string of the molecule is COC(=O)N(C)c1ccccc1C(=O)OCC(=O)Nc1cccnc1Cl. The molecule has 0 radical (unpaired) electrons. The monoisotopic (exact) mass is 377 g/mol. The molecule has 0 fully saturated rings. The molecule has 26 heavy (non-hydrogen) atoms. The first-order valence-electron chi connectivity index (χ1n) is 7.42. The molecule has 0 atom stereocenters. The molecule has 8 nitrogen and oxygen atoms in total. The molecule has 0 unspecified atom stereocenters. The topological polar surface area (TPSA) is 97.8 Å². The number of benzene rings is 1. The third-order valence-electron chi connectivity index (χ3n) is 3.30. The first kappa shape index (κ1) is 19.2. The van der Waals surface area contributed by atoms with Crippen LogP contribution in [0.3, 0.4) is 0 Å². The minimum Gasteiger partial charge on any atom is -0.452 e. The Kier molecular flexibility index (Phi) is 6.51. The van der Waals surface area contributed by atoms with Crippen LogP contribution in [-0.4, -0.2) is 43.7 Å². The van der Waals surface area contributed by atoms with Crippen LogP contribution >= 0.6 is 11.6 Å². The zero-order valence-electron chi connectivity index (χ0n) is 14.1. The lowest BCUT2D eigenvalue weighted by molar-refractivity contribution is -0.119. The average molecular weight is 378 g/mol. The van der Waals surface area contributed by atoms with Crippen molar-refractivity contribution in [2.45, 2.75) is 0 Å². The molecule has 2 rings (SSSR count). The number of methoxy groups -OCH3 is 1. The number of carbonyl (C=O) groups excluding carboxylic acids is 3. The number of rotatable bonds is 5. The molecule has 1 heterocycles. The molecule has 0 bridgehead atoms. The standard InChI is InChI=1S/C17H16ClN3O5/c1-21(17(24)25-2)13-8-4-3-6-11(13)16(23)26-10-14(22)20-12-7-5-9-19-15(12)18/h3-9H,10H2,1-2H3,(H,20,22). The average Bonchev–Trinajstić information content (AvgIpc) is 2.66. The summed E-state index contributed by atoms with van der Waals surface area (Å²) < 4.78 is 9.64. The molecule has 1 aromatic heterocycles. The zero-order chi connectivity index (χ0) is 19.1. The van der Waals surface area contributed by atoms with Crippen molar-refractivity contribution >= 4 is 40.9 Å². The normalized spacial score (nSPS) is 9.96. The van der Waals surface area contributed by atoms with Crippen molar-refractivity contribution in [2.75, 3.05) is 31.0 Å². The van der Waals surface area contributed by atoms with Crippen molar-refractivity contribution in [1.29, 1.82) is 0 Å². The molecule has 136 valence electrons. The first-order chi connectivity index (χ1) is 12.4. The number of amides is 2. The Balaban J connectivity index is 2.03. The fourth-order valence-corrected chi connectivity index (χ4v) is 2.22. The van der Waals surface area contributed by atoms with Gasteiger partial charge in [0, 0.05) is 13.2 Å². The Morgan fingerprint density at radius 1 is 1.19 bits per heavy atom. The summed E-state index contributed by atoms with van der Waals surface area (Å²) in [4.78, 5) is 40.8. The van der Waals surface area contributed by atoms with E-state index in [1.165, 1.54) is 26.4 Å². The summed E-state index contributed by atoms with van der Waals surface area (Å²) in [6.45, 7) is -0.527. The predicted molar refractivity (Wildman–Crippen MR) is 95.4 cm³/mol. The Morgan fingerprint density at radius 3 is 2.62 bits per heavy atom. The number of para-hydroxylation sites is 1. The largest absolute Gasteiger partial charge is 0.452 e.